The van der Waals surface area contributed by atoms with Gasteiger partial charge < -0.3 is 15.6 Å². The van der Waals surface area contributed by atoms with E-state index in [0.29, 0.717) is 12.8 Å². The molecule has 1 fully saturated rings. The van der Waals surface area contributed by atoms with Gasteiger partial charge in [-0.05, 0) is 23.3 Å². The second kappa shape index (κ2) is 7.74. The second-order valence-electron chi connectivity index (χ2n) is 5.31. The lowest BCUT2D eigenvalue weighted by molar-refractivity contribution is -0.824. The van der Waals surface area contributed by atoms with E-state index >= 15 is 0 Å². The molecule has 0 aliphatic heterocycles. The Morgan fingerprint density at radius 1 is 1.62 bits per heavy atom. The van der Waals surface area contributed by atoms with Crippen LogP contribution in [0.25, 0.3) is 0 Å². The van der Waals surface area contributed by atoms with Crippen LogP contribution in [-0.4, -0.2) is 72.9 Å². The van der Waals surface area contributed by atoms with Crippen LogP contribution in [0.5, 0.6) is 0 Å². The van der Waals surface area contributed by atoms with Crippen molar-refractivity contribution in [2.75, 3.05) is 12.8 Å². The Bertz CT molecular complexity index is 619. The molecule has 5 N–H and O–H groups in total. The van der Waals surface area contributed by atoms with E-state index in [-0.39, 0.29) is 17.4 Å². The number of aromatic nitrogens is 4. The van der Waals surface area contributed by atoms with Crippen LogP contribution in [0.4, 0.5) is 5.95 Å². The third kappa shape index (κ3) is 3.99. The van der Waals surface area contributed by atoms with Gasteiger partial charge in [-0.2, -0.15) is 5.10 Å². The lowest BCUT2D eigenvalue weighted by atomic mass is 9.81. The summed E-state index contributed by atoms with van der Waals surface area (Å²) in [7, 11) is 1.34. The lowest BCUT2D eigenvalue weighted by Gasteiger charge is -2.30. The van der Waals surface area contributed by atoms with Gasteiger partial charge in [0.05, 0.1) is 16.9 Å². The van der Waals surface area contributed by atoms with E-state index < -0.39 is 30.1 Å². The predicted molar refractivity (Wildman–Crippen MR) is 77.6 cm³/mol. The first-order valence-electron chi connectivity index (χ1n) is 7.13. The minimum Gasteiger partial charge on any atom is -0.390 e. The van der Waals surface area contributed by atoms with Gasteiger partial charge in [-0.25, -0.2) is 15.3 Å². The number of nitrogens with zero attached hydrogens (tertiary/aromatic N) is 6. The number of tetrazole rings is 1. The molecule has 13 heteroatoms. The number of ether oxygens (including phenoxy) is 1. The molecule has 0 spiro atoms. The average Bonchev–Trinajstić information content (AvgIpc) is 2.93. The average molecular weight is 343 g/mol. The first-order valence-corrected chi connectivity index (χ1v) is 7.13. The number of nitrogens with one attached hydrogen (secondary N) is 1. The maximum atomic E-state index is 11.7. The fourth-order valence-corrected chi connectivity index (χ4v) is 2.62. The molecule has 0 saturated heterocycles. The highest BCUT2D eigenvalue weighted by atomic mass is 16.6. The largest absolute Gasteiger partial charge is 0.390 e. The van der Waals surface area contributed by atoms with Gasteiger partial charge in [0, 0.05) is 13.3 Å². The number of aliphatic hydroxyl groups excluding tert-OH is 1. The number of rotatable bonds is 6. The summed E-state index contributed by atoms with van der Waals surface area (Å²) in [5, 5.41) is 33.1. The number of aliphatic hydroxyl groups is 1. The molecule has 2 rings (SSSR count). The topological polar surface area (TPSA) is 181 Å². The summed E-state index contributed by atoms with van der Waals surface area (Å²) in [5.74, 6) is -1.05. The minimum absolute atomic E-state index is 0.0133. The SMILES string of the molecule is COC1C(O)CCC(/C=N/NC(=O)Cn2nnnc2N)C1[N+](=O)O. The van der Waals surface area contributed by atoms with Gasteiger partial charge in [-0.15, -0.1) is 0 Å². The first kappa shape index (κ1) is 17.7. The number of nitrogens with two attached hydrogens (primary N) is 1. The standard InChI is InChI=1S/C11H18N8O5/c1-24-10-7(20)3-2-6(9(10)19(22)23)4-13-14-8(21)5-18-11(12)15-16-17-18/h4,6-7,9-10,20H,2-3,5H2,1H3,(H3-,12,14,15,17,21,22,23)/p+1/b13-4+. The van der Waals surface area contributed by atoms with Crippen molar-refractivity contribution in [3.63, 3.8) is 0 Å². The van der Waals surface area contributed by atoms with Crippen LogP contribution in [0.1, 0.15) is 12.8 Å². The number of nitrogen functional groups attached to an aromatic ring is 1. The maximum absolute atomic E-state index is 11.7. The molecule has 1 aromatic heterocycles. The normalized spacial score (nSPS) is 27.2. The zero-order chi connectivity index (χ0) is 17.7. The molecule has 132 valence electrons. The van der Waals surface area contributed by atoms with Crippen LogP contribution < -0.4 is 11.2 Å². The summed E-state index contributed by atoms with van der Waals surface area (Å²) < 4.78 is 6.16. The number of anilines is 1. The Labute approximate surface area is 136 Å². The number of carbonyl (C=O) groups is 1. The molecule has 0 radical (unpaired) electrons. The van der Waals surface area contributed by atoms with Crippen LogP contribution in [0.3, 0.4) is 0 Å². The Morgan fingerprint density at radius 3 is 2.96 bits per heavy atom. The van der Waals surface area contributed by atoms with Gasteiger partial charge in [0.15, 0.2) is 6.10 Å². The molecule has 1 aromatic rings. The molecule has 0 bridgehead atoms. The van der Waals surface area contributed by atoms with Crippen LogP contribution in [0.15, 0.2) is 5.10 Å². The van der Waals surface area contributed by atoms with Gasteiger partial charge in [0.2, 0.25) is 10.9 Å². The molecule has 13 nitrogen and oxygen atoms in total. The smallest absolute Gasteiger partial charge is 0.293 e. The minimum atomic E-state index is -1.03. The van der Waals surface area contributed by atoms with E-state index in [4.69, 9.17) is 10.5 Å². The molecule has 1 aliphatic rings. The molecule has 4 unspecified atom stereocenters. The van der Waals surface area contributed by atoms with Gasteiger partial charge in [0.25, 0.3) is 11.9 Å². The second-order valence-corrected chi connectivity index (χ2v) is 5.31. The number of hydrazone groups is 1. The third-order valence-electron chi connectivity index (χ3n) is 3.79. The fraction of sp³-hybridized carbons (Fsp3) is 0.727. The highest BCUT2D eigenvalue weighted by molar-refractivity contribution is 5.77. The van der Waals surface area contributed by atoms with Crippen molar-refractivity contribution < 1.29 is 24.8 Å². The van der Waals surface area contributed by atoms with Crippen molar-refractivity contribution in [1.29, 1.82) is 0 Å². The Kier molecular flexibility index (Phi) is 5.70. The van der Waals surface area contributed by atoms with E-state index in [1.54, 1.807) is 0 Å². The van der Waals surface area contributed by atoms with E-state index in [9.17, 15) is 20.0 Å². The molecule has 1 amide bonds. The number of amides is 1. The molecule has 1 aliphatic carbocycles. The lowest BCUT2D eigenvalue weighted by Crippen LogP contribution is -2.52. The molecule has 0 aromatic carbocycles. The molecule has 1 saturated carbocycles. The number of hydrogen-bond donors (Lipinski definition) is 4. The monoisotopic (exact) mass is 343 g/mol. The summed E-state index contributed by atoms with van der Waals surface area (Å²) in [4.78, 5) is 22.8. The number of carbonyl (C=O) groups excluding carboxylic acids is 1. The molecule has 4 atom stereocenters. The fourth-order valence-electron chi connectivity index (χ4n) is 2.62. The highest BCUT2D eigenvalue weighted by Crippen LogP contribution is 2.27. The molecule has 24 heavy (non-hydrogen) atoms. The summed E-state index contributed by atoms with van der Waals surface area (Å²) in [6.45, 7) is -0.225. The van der Waals surface area contributed by atoms with Crippen LogP contribution in [-0.2, 0) is 16.1 Å². The highest BCUT2D eigenvalue weighted by Gasteiger charge is 2.49. The summed E-state index contributed by atoms with van der Waals surface area (Å²) in [5.41, 5.74) is 7.68. The Hall–Kier alpha value is -2.67. The quantitative estimate of drug-likeness (QED) is 0.325. The predicted octanol–water partition coefficient (Wildman–Crippen LogP) is -2.32. The van der Waals surface area contributed by atoms with Gasteiger partial charge in [0.1, 0.15) is 6.54 Å². The van der Waals surface area contributed by atoms with Crippen molar-refractivity contribution in [3.8, 4) is 0 Å². The summed E-state index contributed by atoms with van der Waals surface area (Å²) in [6.07, 6.45) is 0.351. The van der Waals surface area contributed by atoms with E-state index in [0.717, 1.165) is 4.68 Å². The maximum Gasteiger partial charge on any atom is 0.293 e. The summed E-state index contributed by atoms with van der Waals surface area (Å²) >= 11 is 0. The molecule has 1 heterocycles. The molecular formula is C11H19N8O5+. The van der Waals surface area contributed by atoms with Crippen LogP contribution >= 0.6 is 0 Å². The van der Waals surface area contributed by atoms with E-state index in [1.165, 1.54) is 13.3 Å². The van der Waals surface area contributed by atoms with Crippen molar-refractivity contribution in [1.82, 2.24) is 25.6 Å². The van der Waals surface area contributed by atoms with E-state index in [1.807, 2.05) is 0 Å². The summed E-state index contributed by atoms with van der Waals surface area (Å²) in [6, 6.07) is -1.03. The van der Waals surface area contributed by atoms with Crippen LogP contribution in [0, 0.1) is 10.8 Å². The van der Waals surface area contributed by atoms with Gasteiger partial charge >= 0.3 is 0 Å². The Balaban J connectivity index is 1.95. The first-order chi connectivity index (χ1) is 11.4. The molecular weight excluding hydrogens is 324 g/mol. The Morgan fingerprint density at radius 2 is 2.38 bits per heavy atom. The number of methoxy groups -OCH3 is 1. The van der Waals surface area contributed by atoms with Crippen molar-refractivity contribution in [3.05, 3.63) is 4.91 Å². The van der Waals surface area contributed by atoms with Crippen LogP contribution in [0.2, 0.25) is 0 Å². The zero-order valence-electron chi connectivity index (χ0n) is 12.9. The van der Waals surface area contributed by atoms with Crippen molar-refractivity contribution in [2.45, 2.75) is 37.6 Å². The van der Waals surface area contributed by atoms with Crippen molar-refractivity contribution >= 4 is 18.1 Å². The van der Waals surface area contributed by atoms with Crippen molar-refractivity contribution in [2.24, 2.45) is 11.0 Å². The van der Waals surface area contributed by atoms with Gasteiger partial charge in [-0.1, -0.05) is 5.10 Å². The van der Waals surface area contributed by atoms with E-state index in [2.05, 4.69) is 26.1 Å². The van der Waals surface area contributed by atoms with Gasteiger partial charge in [-0.3, -0.25) is 4.79 Å². The third-order valence-corrected chi connectivity index (χ3v) is 3.79. The number of hydrogen-bond acceptors (Lipinski definition) is 9. The zero-order valence-corrected chi connectivity index (χ0v) is 12.9.